The highest BCUT2D eigenvalue weighted by molar-refractivity contribution is 7.09. The molecule has 1 aliphatic rings. The number of hydrogen-bond donors (Lipinski definition) is 1. The lowest BCUT2D eigenvalue weighted by Crippen LogP contribution is -2.30. The highest BCUT2D eigenvalue weighted by Gasteiger charge is 2.27. The van der Waals surface area contributed by atoms with Crippen LogP contribution in [0.1, 0.15) is 52.3 Å². The van der Waals surface area contributed by atoms with Gasteiger partial charge in [-0.3, -0.25) is 9.59 Å². The van der Waals surface area contributed by atoms with Crippen molar-refractivity contribution in [3.63, 3.8) is 0 Å². The Bertz CT molecular complexity index is 839. The van der Waals surface area contributed by atoms with Gasteiger partial charge >= 0.3 is 0 Å². The summed E-state index contributed by atoms with van der Waals surface area (Å²) >= 11 is 1.66. The molecule has 1 N–H and O–H groups in total. The van der Waals surface area contributed by atoms with Crippen LogP contribution < -0.4 is 10.2 Å². The summed E-state index contributed by atoms with van der Waals surface area (Å²) in [6.45, 7) is 8.38. The molecule has 1 heterocycles. The summed E-state index contributed by atoms with van der Waals surface area (Å²) < 4.78 is 0. The van der Waals surface area contributed by atoms with E-state index in [1.54, 1.807) is 28.4 Å². The van der Waals surface area contributed by atoms with Gasteiger partial charge in [0.1, 0.15) is 0 Å². The minimum absolute atomic E-state index is 0.114. The van der Waals surface area contributed by atoms with Crippen LogP contribution in [0.4, 0.5) is 5.69 Å². The number of benzene rings is 1. The molecule has 0 unspecified atom stereocenters. The number of thiazole rings is 1. The quantitative estimate of drug-likeness (QED) is 0.755. The summed E-state index contributed by atoms with van der Waals surface area (Å²) in [5.74, 6) is 0.313. The van der Waals surface area contributed by atoms with Crippen LogP contribution >= 0.6 is 11.3 Å². The molecule has 5 nitrogen and oxygen atoms in total. The van der Waals surface area contributed by atoms with Gasteiger partial charge in [-0.1, -0.05) is 6.58 Å². The molecular formula is C20H23N3O2S. The van der Waals surface area contributed by atoms with E-state index >= 15 is 0 Å². The summed E-state index contributed by atoms with van der Waals surface area (Å²) in [4.78, 5) is 30.8. The Balaban J connectivity index is 1.85. The zero-order chi connectivity index (χ0) is 18.7. The Hall–Kier alpha value is -2.47. The molecule has 2 aromatic rings. The van der Waals surface area contributed by atoms with Gasteiger partial charge in [0.25, 0.3) is 11.8 Å². The van der Waals surface area contributed by atoms with Gasteiger partial charge in [-0.05, 0) is 56.5 Å². The number of amides is 2. The van der Waals surface area contributed by atoms with Crippen molar-refractivity contribution in [2.45, 2.75) is 39.2 Å². The second-order valence-electron chi connectivity index (χ2n) is 6.44. The topological polar surface area (TPSA) is 62.3 Å². The van der Waals surface area contributed by atoms with Crippen molar-refractivity contribution in [2.75, 3.05) is 11.4 Å². The summed E-state index contributed by atoms with van der Waals surface area (Å²) in [5, 5.41) is 5.97. The lowest BCUT2D eigenvalue weighted by Gasteiger charge is -2.23. The maximum absolute atomic E-state index is 12.4. The zero-order valence-electron chi connectivity index (χ0n) is 15.1. The summed E-state index contributed by atoms with van der Waals surface area (Å²) in [6.07, 6.45) is 3.73. The number of hydrogen-bond acceptors (Lipinski definition) is 4. The third-order valence-corrected chi connectivity index (χ3v) is 5.40. The van der Waals surface area contributed by atoms with Gasteiger partial charge in [-0.2, -0.15) is 0 Å². The van der Waals surface area contributed by atoms with E-state index in [-0.39, 0.29) is 11.8 Å². The average molecular weight is 369 g/mol. The van der Waals surface area contributed by atoms with Crippen LogP contribution in [0.5, 0.6) is 0 Å². The summed E-state index contributed by atoms with van der Waals surface area (Å²) in [5.41, 5.74) is 3.11. The molecular weight excluding hydrogens is 346 g/mol. The Morgan fingerprint density at radius 1 is 1.42 bits per heavy atom. The number of aromatic nitrogens is 1. The number of nitrogens with zero attached hydrogens (tertiary/aromatic N) is 2. The molecule has 136 valence electrons. The van der Waals surface area contributed by atoms with Gasteiger partial charge < -0.3 is 10.2 Å². The Labute approximate surface area is 157 Å². The first-order valence-corrected chi connectivity index (χ1v) is 9.68. The maximum atomic E-state index is 12.4. The fraction of sp³-hybridized carbons (Fsp3) is 0.350. The van der Waals surface area contributed by atoms with Crippen molar-refractivity contribution >= 4 is 28.8 Å². The Kier molecular flexibility index (Phi) is 5.52. The Morgan fingerprint density at radius 3 is 2.81 bits per heavy atom. The monoisotopic (exact) mass is 369 g/mol. The lowest BCUT2D eigenvalue weighted by molar-refractivity contribution is -0.114. The van der Waals surface area contributed by atoms with Gasteiger partial charge in [0.2, 0.25) is 0 Å². The first-order chi connectivity index (χ1) is 12.5. The van der Waals surface area contributed by atoms with Gasteiger partial charge in [-0.15, -0.1) is 11.3 Å². The molecule has 6 heteroatoms. The predicted molar refractivity (Wildman–Crippen MR) is 105 cm³/mol. The van der Waals surface area contributed by atoms with E-state index in [1.807, 2.05) is 25.3 Å². The van der Waals surface area contributed by atoms with Crippen LogP contribution in [0.15, 0.2) is 36.2 Å². The van der Waals surface area contributed by atoms with Crippen LogP contribution in [0.2, 0.25) is 0 Å². The van der Waals surface area contributed by atoms with Crippen LogP contribution in [-0.2, 0) is 11.3 Å². The highest BCUT2D eigenvalue weighted by atomic mass is 32.1. The first kappa shape index (κ1) is 18.3. The minimum atomic E-state index is -0.181. The summed E-state index contributed by atoms with van der Waals surface area (Å²) in [7, 11) is 0. The van der Waals surface area contributed by atoms with E-state index < -0.39 is 0 Å². The molecule has 3 rings (SSSR count). The smallest absolute Gasteiger partial charge is 0.251 e. The molecule has 0 saturated heterocycles. The molecule has 1 aliphatic carbocycles. The minimum Gasteiger partial charge on any atom is -0.352 e. The second kappa shape index (κ2) is 7.83. The largest absolute Gasteiger partial charge is 0.352 e. The van der Waals surface area contributed by atoms with Crippen LogP contribution in [-0.4, -0.2) is 23.3 Å². The molecule has 26 heavy (non-hydrogen) atoms. The van der Waals surface area contributed by atoms with E-state index in [9.17, 15) is 9.59 Å². The Morgan fingerprint density at radius 2 is 2.19 bits per heavy atom. The lowest BCUT2D eigenvalue weighted by atomic mass is 10.1. The molecule has 2 amide bonds. The second-order valence-corrected chi connectivity index (χ2v) is 7.33. The van der Waals surface area contributed by atoms with E-state index in [2.05, 4.69) is 16.9 Å². The molecule has 0 aliphatic heterocycles. The maximum Gasteiger partial charge on any atom is 0.251 e. The number of nitrogens with one attached hydrogen (secondary N) is 1. The zero-order valence-corrected chi connectivity index (χ0v) is 15.9. The van der Waals surface area contributed by atoms with Crippen LogP contribution in [0.25, 0.3) is 0 Å². The van der Waals surface area contributed by atoms with Gasteiger partial charge in [0.15, 0.2) is 0 Å². The molecule has 1 fully saturated rings. The van der Waals surface area contributed by atoms with Gasteiger partial charge in [0.05, 0.1) is 17.2 Å². The number of carbonyl (C=O) groups excluding carboxylic acids is 2. The third kappa shape index (κ3) is 4.02. The first-order valence-electron chi connectivity index (χ1n) is 8.80. The van der Waals surface area contributed by atoms with Crippen molar-refractivity contribution in [2.24, 2.45) is 0 Å². The van der Waals surface area contributed by atoms with Crippen LogP contribution in [0.3, 0.4) is 0 Å². The molecule has 1 aromatic carbocycles. The molecule has 0 atom stereocenters. The SMILES string of the molecule is C=CC(=O)N(Cc1csc(C2CC2)n1)c1ccc(C(=O)NCC)cc1C. The highest BCUT2D eigenvalue weighted by Crippen LogP contribution is 2.41. The number of carbonyl (C=O) groups is 2. The van der Waals surface area contributed by atoms with E-state index in [4.69, 9.17) is 0 Å². The number of rotatable bonds is 7. The predicted octanol–water partition coefficient (Wildman–Crippen LogP) is 3.80. The van der Waals surface area contributed by atoms with Crippen LogP contribution in [0, 0.1) is 6.92 Å². The molecule has 1 saturated carbocycles. The van der Waals surface area contributed by atoms with Gasteiger partial charge in [-0.25, -0.2) is 4.98 Å². The molecule has 0 radical (unpaired) electrons. The summed E-state index contributed by atoms with van der Waals surface area (Å²) in [6, 6.07) is 5.36. The molecule has 0 spiro atoms. The van der Waals surface area contributed by atoms with Gasteiger partial charge in [0, 0.05) is 29.1 Å². The van der Waals surface area contributed by atoms with Crippen molar-refractivity contribution in [3.8, 4) is 0 Å². The normalized spacial score (nSPS) is 13.3. The van der Waals surface area contributed by atoms with E-state index in [0.29, 0.717) is 24.6 Å². The van der Waals surface area contributed by atoms with Crippen molar-refractivity contribution < 1.29 is 9.59 Å². The number of aryl methyl sites for hydroxylation is 1. The van der Waals surface area contributed by atoms with E-state index in [0.717, 1.165) is 22.0 Å². The van der Waals surface area contributed by atoms with Crippen molar-refractivity contribution in [3.05, 3.63) is 58.1 Å². The fourth-order valence-corrected chi connectivity index (χ4v) is 3.81. The van der Waals surface area contributed by atoms with E-state index in [1.165, 1.54) is 18.9 Å². The number of anilines is 1. The molecule has 1 aromatic heterocycles. The standard InChI is InChI=1S/C20H23N3O2S/c1-4-18(24)23(11-16-12-26-20(22-16)14-6-7-14)17-9-8-15(10-13(17)3)19(25)21-5-2/h4,8-10,12,14H,1,5-7,11H2,2-3H3,(H,21,25). The van der Waals surface area contributed by atoms with Crippen molar-refractivity contribution in [1.82, 2.24) is 10.3 Å². The fourth-order valence-electron chi connectivity index (χ4n) is 2.83. The van der Waals surface area contributed by atoms with Crippen molar-refractivity contribution in [1.29, 1.82) is 0 Å². The average Bonchev–Trinajstić information content (AvgIpc) is 3.38. The third-order valence-electron chi connectivity index (χ3n) is 4.34. The molecule has 0 bridgehead atoms.